The van der Waals surface area contributed by atoms with Crippen LogP contribution < -0.4 is 4.90 Å². The number of furan rings is 1. The number of nitrogens with zero attached hydrogens (tertiary/aromatic N) is 2. The third-order valence-corrected chi connectivity index (χ3v) is 12.2. The maximum absolute atomic E-state index is 6.39. The van der Waals surface area contributed by atoms with Crippen molar-refractivity contribution < 1.29 is 4.42 Å². The normalized spacial score (nSPS) is 11.6. The summed E-state index contributed by atoms with van der Waals surface area (Å²) in [6.45, 7) is 0. The Morgan fingerprint density at radius 3 is 1.64 bits per heavy atom. The Kier molecular flexibility index (Phi) is 8.17. The van der Waals surface area contributed by atoms with Gasteiger partial charge in [-0.2, -0.15) is 0 Å². The molecule has 3 nitrogen and oxygen atoms in total. The number of hydrogen-bond donors (Lipinski definition) is 0. The van der Waals surface area contributed by atoms with Crippen molar-refractivity contribution in [2.75, 3.05) is 4.90 Å². The number of para-hydroxylation sites is 5. The van der Waals surface area contributed by atoms with E-state index in [1.807, 2.05) is 6.07 Å². The van der Waals surface area contributed by atoms with Crippen molar-refractivity contribution in [1.82, 2.24) is 4.57 Å². The van der Waals surface area contributed by atoms with Crippen LogP contribution in [0.4, 0.5) is 17.1 Å². The standard InChI is InChI=1S/C58H38N2O/c1-2-15-42-38-43(29-28-39(42)14-1)40-30-34-44(35-31-40)59(53-23-9-6-19-49(53)50-21-13-27-57-58(50)51-20-7-12-26-56(51)61-57)45-36-32-41(33-37-45)46-16-3-8-22-52(46)60-54-24-10-4-17-47(54)48-18-5-11-25-55(48)60/h1-38H. The molecule has 0 aliphatic carbocycles. The first kappa shape index (κ1) is 34.9. The molecule has 0 N–H and O–H groups in total. The van der Waals surface area contributed by atoms with E-state index in [1.165, 1.54) is 49.3 Å². The maximum atomic E-state index is 6.39. The summed E-state index contributed by atoms with van der Waals surface area (Å²) < 4.78 is 8.80. The quantitative estimate of drug-likeness (QED) is 0.161. The third-order valence-electron chi connectivity index (χ3n) is 12.2. The largest absolute Gasteiger partial charge is 0.456 e. The summed E-state index contributed by atoms with van der Waals surface area (Å²) in [6, 6.07) is 82.9. The molecule has 61 heavy (non-hydrogen) atoms. The van der Waals surface area contributed by atoms with Crippen LogP contribution in [0.1, 0.15) is 0 Å². The van der Waals surface area contributed by atoms with Gasteiger partial charge in [-0.15, -0.1) is 0 Å². The summed E-state index contributed by atoms with van der Waals surface area (Å²) in [4.78, 5) is 2.39. The van der Waals surface area contributed by atoms with Gasteiger partial charge in [-0.3, -0.25) is 0 Å². The van der Waals surface area contributed by atoms with Gasteiger partial charge in [0.1, 0.15) is 11.2 Å². The Morgan fingerprint density at radius 1 is 0.344 bits per heavy atom. The third kappa shape index (κ3) is 5.82. The van der Waals surface area contributed by atoms with Gasteiger partial charge in [0.05, 0.1) is 22.4 Å². The fraction of sp³-hybridized carbons (Fsp3) is 0. The Balaban J connectivity index is 1.01. The van der Waals surface area contributed by atoms with Gasteiger partial charge in [-0.1, -0.05) is 164 Å². The van der Waals surface area contributed by atoms with Crippen LogP contribution in [0.2, 0.25) is 0 Å². The van der Waals surface area contributed by atoms with Gasteiger partial charge in [0.25, 0.3) is 0 Å². The molecule has 0 aliphatic rings. The molecule has 0 saturated carbocycles. The highest BCUT2D eigenvalue weighted by Gasteiger charge is 2.21. The van der Waals surface area contributed by atoms with Gasteiger partial charge >= 0.3 is 0 Å². The molecule has 2 aromatic heterocycles. The van der Waals surface area contributed by atoms with E-state index in [-0.39, 0.29) is 0 Å². The topological polar surface area (TPSA) is 21.3 Å². The van der Waals surface area contributed by atoms with Crippen molar-refractivity contribution in [2.24, 2.45) is 0 Å². The predicted octanol–water partition coefficient (Wildman–Crippen LogP) is 16.3. The molecule has 0 radical (unpaired) electrons. The smallest absolute Gasteiger partial charge is 0.136 e. The molecule has 12 rings (SSSR count). The van der Waals surface area contributed by atoms with Gasteiger partial charge in [-0.25, -0.2) is 0 Å². The molecular weight excluding hydrogens is 741 g/mol. The van der Waals surface area contributed by atoms with Crippen molar-refractivity contribution in [1.29, 1.82) is 0 Å². The summed E-state index contributed by atoms with van der Waals surface area (Å²) in [6.07, 6.45) is 0. The van der Waals surface area contributed by atoms with Crippen molar-refractivity contribution >= 4 is 71.6 Å². The van der Waals surface area contributed by atoms with E-state index in [1.54, 1.807) is 0 Å². The van der Waals surface area contributed by atoms with Crippen LogP contribution in [-0.2, 0) is 0 Å². The molecule has 0 aliphatic heterocycles. The fourth-order valence-electron chi connectivity index (χ4n) is 9.38. The second kappa shape index (κ2) is 14.3. The second-order valence-corrected chi connectivity index (χ2v) is 15.7. The first-order valence-electron chi connectivity index (χ1n) is 20.8. The van der Waals surface area contributed by atoms with E-state index in [2.05, 4.69) is 234 Å². The molecular formula is C58H38N2O. The lowest BCUT2D eigenvalue weighted by Gasteiger charge is -2.28. The average Bonchev–Trinajstić information content (AvgIpc) is 3.88. The van der Waals surface area contributed by atoms with Crippen molar-refractivity contribution in [3.8, 4) is 39.1 Å². The van der Waals surface area contributed by atoms with E-state index < -0.39 is 0 Å². The monoisotopic (exact) mass is 778 g/mol. The Hall–Kier alpha value is -8.14. The summed E-state index contributed by atoms with van der Waals surface area (Å²) in [5.41, 5.74) is 15.5. The number of rotatable bonds is 7. The molecule has 0 unspecified atom stereocenters. The van der Waals surface area contributed by atoms with E-state index in [0.717, 1.165) is 61.4 Å². The van der Waals surface area contributed by atoms with E-state index in [9.17, 15) is 0 Å². The van der Waals surface area contributed by atoms with Crippen LogP contribution in [0.3, 0.4) is 0 Å². The molecule has 3 heteroatoms. The predicted molar refractivity (Wildman–Crippen MR) is 257 cm³/mol. The molecule has 0 spiro atoms. The number of hydrogen-bond acceptors (Lipinski definition) is 2. The highest BCUT2D eigenvalue weighted by Crippen LogP contribution is 2.46. The van der Waals surface area contributed by atoms with Crippen LogP contribution in [-0.4, -0.2) is 4.57 Å². The summed E-state index contributed by atoms with van der Waals surface area (Å²) in [5, 5.41) is 7.22. The van der Waals surface area contributed by atoms with Crippen LogP contribution in [0.15, 0.2) is 235 Å². The molecule has 0 saturated heterocycles. The van der Waals surface area contributed by atoms with E-state index >= 15 is 0 Å². The minimum absolute atomic E-state index is 0.881. The highest BCUT2D eigenvalue weighted by molar-refractivity contribution is 6.14. The molecule has 0 fully saturated rings. The van der Waals surface area contributed by atoms with E-state index in [4.69, 9.17) is 4.42 Å². The minimum Gasteiger partial charge on any atom is -0.456 e. The van der Waals surface area contributed by atoms with Crippen molar-refractivity contribution in [3.63, 3.8) is 0 Å². The molecule has 2 heterocycles. The molecule has 12 aromatic rings. The summed E-state index contributed by atoms with van der Waals surface area (Å²) >= 11 is 0. The molecule has 0 atom stereocenters. The first-order chi connectivity index (χ1) is 30.3. The average molecular weight is 779 g/mol. The number of anilines is 3. The zero-order chi connectivity index (χ0) is 40.3. The minimum atomic E-state index is 0.881. The molecule has 286 valence electrons. The van der Waals surface area contributed by atoms with Crippen LogP contribution >= 0.6 is 0 Å². The Morgan fingerprint density at radius 2 is 0.885 bits per heavy atom. The number of fused-ring (bicyclic) bond motifs is 7. The van der Waals surface area contributed by atoms with Crippen molar-refractivity contribution in [2.45, 2.75) is 0 Å². The van der Waals surface area contributed by atoms with Gasteiger partial charge in [0.2, 0.25) is 0 Å². The van der Waals surface area contributed by atoms with Gasteiger partial charge < -0.3 is 13.9 Å². The van der Waals surface area contributed by atoms with Gasteiger partial charge in [0.15, 0.2) is 0 Å². The van der Waals surface area contributed by atoms with E-state index in [0.29, 0.717) is 0 Å². The Bertz CT molecular complexity index is 3540. The van der Waals surface area contributed by atoms with Crippen LogP contribution in [0.5, 0.6) is 0 Å². The maximum Gasteiger partial charge on any atom is 0.136 e. The first-order valence-corrected chi connectivity index (χ1v) is 20.8. The highest BCUT2D eigenvalue weighted by atomic mass is 16.3. The van der Waals surface area contributed by atoms with Gasteiger partial charge in [0, 0.05) is 44.0 Å². The van der Waals surface area contributed by atoms with Crippen LogP contribution in [0, 0.1) is 0 Å². The Labute approximate surface area is 353 Å². The zero-order valence-electron chi connectivity index (χ0n) is 33.2. The molecule has 0 bridgehead atoms. The lowest BCUT2D eigenvalue weighted by Crippen LogP contribution is -2.11. The lowest BCUT2D eigenvalue weighted by molar-refractivity contribution is 0.669. The fourth-order valence-corrected chi connectivity index (χ4v) is 9.38. The SMILES string of the molecule is c1ccc(N(c2ccc(-c3ccc4ccccc4c3)cc2)c2ccc(-c3ccccc3-n3c4ccccc4c4ccccc43)cc2)c(-c2cccc3oc4ccccc4c23)c1. The van der Waals surface area contributed by atoms with Crippen LogP contribution in [0.25, 0.3) is 93.6 Å². The number of aromatic nitrogens is 1. The van der Waals surface area contributed by atoms with Gasteiger partial charge in [-0.05, 0) is 99.8 Å². The zero-order valence-corrected chi connectivity index (χ0v) is 33.2. The van der Waals surface area contributed by atoms with Crippen molar-refractivity contribution in [3.05, 3.63) is 231 Å². The summed E-state index contributed by atoms with van der Waals surface area (Å²) in [7, 11) is 0. The molecule has 0 amide bonds. The summed E-state index contributed by atoms with van der Waals surface area (Å²) in [5.74, 6) is 0. The second-order valence-electron chi connectivity index (χ2n) is 15.7. The number of benzene rings is 10. The lowest BCUT2D eigenvalue weighted by atomic mass is 9.96. The molecule has 10 aromatic carbocycles.